The molecule has 10 heteroatoms. The maximum absolute atomic E-state index is 13.5. The first kappa shape index (κ1) is 24.7. The van der Waals surface area contributed by atoms with Gasteiger partial charge in [-0.15, -0.1) is 0 Å². The molecule has 1 aromatic heterocycles. The molecule has 2 atom stereocenters. The molecule has 2 aromatic carbocycles. The highest BCUT2D eigenvalue weighted by molar-refractivity contribution is 5.92. The molecular formula is C25H28F3N5O2. The van der Waals surface area contributed by atoms with E-state index in [2.05, 4.69) is 21.0 Å². The average molecular weight is 488 g/mol. The monoisotopic (exact) mass is 487 g/mol. The average Bonchev–Trinajstić information content (AvgIpc) is 2.81. The van der Waals surface area contributed by atoms with Crippen molar-refractivity contribution in [3.63, 3.8) is 0 Å². The third-order valence-electron chi connectivity index (χ3n) is 6.30. The second-order valence-electron chi connectivity index (χ2n) is 9.01. The second kappa shape index (κ2) is 9.69. The van der Waals surface area contributed by atoms with Crippen LogP contribution in [0.15, 0.2) is 41.2 Å². The summed E-state index contributed by atoms with van der Waals surface area (Å²) in [5.41, 5.74) is 0.347. The smallest absolute Gasteiger partial charge is 0.362 e. The molecule has 1 aliphatic heterocycles. The van der Waals surface area contributed by atoms with Crippen LogP contribution in [0.1, 0.15) is 55.3 Å². The van der Waals surface area contributed by atoms with Crippen molar-refractivity contribution in [3.05, 3.63) is 63.4 Å². The van der Waals surface area contributed by atoms with E-state index < -0.39 is 23.7 Å². The highest BCUT2D eigenvalue weighted by Gasteiger charge is 2.32. The quantitative estimate of drug-likeness (QED) is 0.492. The number of carbonyl (C=O) groups excluding carboxylic acids is 1. The van der Waals surface area contributed by atoms with Gasteiger partial charge in [0.2, 0.25) is 5.91 Å². The van der Waals surface area contributed by atoms with Crippen molar-refractivity contribution < 1.29 is 18.0 Å². The number of anilines is 2. The molecule has 35 heavy (non-hydrogen) atoms. The lowest BCUT2D eigenvalue weighted by Crippen LogP contribution is -2.28. The molecule has 0 aliphatic carbocycles. The Morgan fingerprint density at radius 3 is 2.63 bits per heavy atom. The molecule has 2 unspecified atom stereocenters. The Morgan fingerprint density at radius 2 is 1.97 bits per heavy atom. The zero-order valence-electron chi connectivity index (χ0n) is 19.8. The first-order chi connectivity index (χ1) is 16.5. The lowest BCUT2D eigenvalue weighted by Gasteiger charge is -2.24. The molecule has 186 valence electrons. The molecule has 4 rings (SSSR count). The number of nitrogens with zero attached hydrogens (tertiary/aromatic N) is 2. The number of aryl methyl sites for hydroxylation is 1. The van der Waals surface area contributed by atoms with Gasteiger partial charge < -0.3 is 16.0 Å². The summed E-state index contributed by atoms with van der Waals surface area (Å²) < 4.78 is 41.8. The molecule has 1 aliphatic rings. The van der Waals surface area contributed by atoms with Crippen LogP contribution in [0.5, 0.6) is 0 Å². The highest BCUT2D eigenvalue weighted by atomic mass is 19.4. The van der Waals surface area contributed by atoms with Gasteiger partial charge in [-0.1, -0.05) is 6.07 Å². The second-order valence-corrected chi connectivity index (χ2v) is 9.01. The Hall–Kier alpha value is -3.40. The van der Waals surface area contributed by atoms with Gasteiger partial charge in [-0.05, 0) is 73.7 Å². The van der Waals surface area contributed by atoms with E-state index in [1.807, 2.05) is 12.1 Å². The molecule has 1 fully saturated rings. The van der Waals surface area contributed by atoms with Crippen LogP contribution in [0, 0.1) is 0 Å². The summed E-state index contributed by atoms with van der Waals surface area (Å²) in [6.07, 6.45) is -2.48. The Morgan fingerprint density at radius 1 is 1.20 bits per heavy atom. The number of benzene rings is 2. The highest BCUT2D eigenvalue weighted by Crippen LogP contribution is 2.35. The van der Waals surface area contributed by atoms with Crippen LogP contribution in [0.4, 0.5) is 24.7 Å². The van der Waals surface area contributed by atoms with Gasteiger partial charge in [-0.25, -0.2) is 4.68 Å². The third kappa shape index (κ3) is 5.48. The maximum atomic E-state index is 13.5. The minimum Gasteiger partial charge on any atom is -0.362 e. The van der Waals surface area contributed by atoms with Gasteiger partial charge in [-0.2, -0.15) is 18.3 Å². The molecular weight excluding hydrogens is 459 g/mol. The zero-order chi connectivity index (χ0) is 25.3. The summed E-state index contributed by atoms with van der Waals surface area (Å²) in [6.45, 7) is 4.77. The first-order valence-electron chi connectivity index (χ1n) is 11.5. The molecule has 0 saturated carbocycles. The Labute approximate surface area is 200 Å². The van der Waals surface area contributed by atoms with Crippen molar-refractivity contribution in [2.24, 2.45) is 7.05 Å². The number of rotatable bonds is 5. The van der Waals surface area contributed by atoms with E-state index >= 15 is 0 Å². The number of hydrogen-bond acceptors (Lipinski definition) is 5. The minimum atomic E-state index is -4.58. The van der Waals surface area contributed by atoms with E-state index in [1.54, 1.807) is 13.0 Å². The Kier molecular flexibility index (Phi) is 6.84. The summed E-state index contributed by atoms with van der Waals surface area (Å²) in [7, 11) is 1.54. The molecule has 0 bridgehead atoms. The minimum absolute atomic E-state index is 0.0568. The van der Waals surface area contributed by atoms with Crippen LogP contribution >= 0.6 is 0 Å². The molecule has 3 N–H and O–H groups in total. The van der Waals surface area contributed by atoms with Crippen LogP contribution in [-0.4, -0.2) is 28.8 Å². The predicted octanol–water partition coefficient (Wildman–Crippen LogP) is 4.55. The molecule has 1 amide bonds. The van der Waals surface area contributed by atoms with Crippen LogP contribution in [0.2, 0.25) is 0 Å². The number of aromatic nitrogens is 2. The number of carbonyl (C=O) groups is 1. The van der Waals surface area contributed by atoms with Crippen molar-refractivity contribution in [3.8, 4) is 0 Å². The Balaban J connectivity index is 1.75. The lowest BCUT2D eigenvalue weighted by molar-refractivity contribution is -0.137. The van der Waals surface area contributed by atoms with E-state index in [0.29, 0.717) is 28.1 Å². The van der Waals surface area contributed by atoms with E-state index in [-0.39, 0.29) is 11.2 Å². The summed E-state index contributed by atoms with van der Waals surface area (Å²) in [5.74, 6) is 0.246. The zero-order valence-corrected chi connectivity index (χ0v) is 19.8. The summed E-state index contributed by atoms with van der Waals surface area (Å²) in [6, 6.07) is 8.55. The van der Waals surface area contributed by atoms with Gasteiger partial charge in [0.1, 0.15) is 0 Å². The topological polar surface area (TPSA) is 88.1 Å². The third-order valence-corrected chi connectivity index (χ3v) is 6.30. The SMILES string of the molecule is CC(=O)Nc1cc(C(C)Nc2nn(C)c(=O)c3ccc(C4CCCNC4)cc23)cc(C(F)(F)F)c1. The number of amides is 1. The van der Waals surface area contributed by atoms with Gasteiger partial charge in [0, 0.05) is 31.6 Å². The summed E-state index contributed by atoms with van der Waals surface area (Å²) >= 11 is 0. The molecule has 3 aromatic rings. The first-order valence-corrected chi connectivity index (χ1v) is 11.5. The summed E-state index contributed by atoms with van der Waals surface area (Å²) in [4.78, 5) is 24.2. The van der Waals surface area contributed by atoms with Crippen molar-refractivity contribution >= 4 is 28.2 Å². The van der Waals surface area contributed by atoms with Gasteiger partial charge in [0.25, 0.3) is 5.56 Å². The number of alkyl halides is 3. The molecule has 0 spiro atoms. The van der Waals surface area contributed by atoms with E-state index in [4.69, 9.17) is 0 Å². The fourth-order valence-corrected chi connectivity index (χ4v) is 4.49. The Bertz CT molecular complexity index is 1310. The van der Waals surface area contributed by atoms with Crippen LogP contribution in [0.25, 0.3) is 10.8 Å². The van der Waals surface area contributed by atoms with Gasteiger partial charge >= 0.3 is 6.18 Å². The van der Waals surface area contributed by atoms with Crippen molar-refractivity contribution in [1.29, 1.82) is 0 Å². The molecule has 1 saturated heterocycles. The van der Waals surface area contributed by atoms with Crippen LogP contribution in [-0.2, 0) is 18.0 Å². The van der Waals surface area contributed by atoms with E-state index in [0.717, 1.165) is 43.6 Å². The van der Waals surface area contributed by atoms with E-state index in [9.17, 15) is 22.8 Å². The fourth-order valence-electron chi connectivity index (χ4n) is 4.49. The fraction of sp³-hybridized carbons (Fsp3) is 0.400. The van der Waals surface area contributed by atoms with Crippen molar-refractivity contribution in [2.75, 3.05) is 23.7 Å². The lowest BCUT2D eigenvalue weighted by atomic mass is 9.90. The predicted molar refractivity (Wildman–Crippen MR) is 130 cm³/mol. The van der Waals surface area contributed by atoms with Crippen LogP contribution in [0.3, 0.4) is 0 Å². The van der Waals surface area contributed by atoms with Crippen molar-refractivity contribution in [1.82, 2.24) is 15.1 Å². The number of nitrogens with one attached hydrogen (secondary N) is 3. The van der Waals surface area contributed by atoms with Crippen molar-refractivity contribution in [2.45, 2.75) is 44.8 Å². The molecule has 7 nitrogen and oxygen atoms in total. The van der Waals surface area contributed by atoms with Crippen LogP contribution < -0.4 is 21.5 Å². The normalized spacial score (nSPS) is 17.3. The number of fused-ring (bicyclic) bond motifs is 1. The standard InChI is InChI=1S/C25H28F3N5O2/c1-14(18-9-19(25(26,27)28)12-20(10-18)31-15(2)34)30-23-22-11-16(17-5-4-8-29-13-17)6-7-21(22)24(35)33(3)32-23/h6-7,9-12,14,17,29H,4-5,8,13H2,1-3H3,(H,30,32)(H,31,34). The maximum Gasteiger partial charge on any atom is 0.416 e. The van der Waals surface area contributed by atoms with Gasteiger partial charge in [0.05, 0.1) is 17.0 Å². The summed E-state index contributed by atoms with van der Waals surface area (Å²) in [5, 5.41) is 14.5. The number of hydrogen-bond donors (Lipinski definition) is 3. The van der Waals surface area contributed by atoms with Gasteiger partial charge in [0.15, 0.2) is 5.82 Å². The molecule has 2 heterocycles. The molecule has 0 radical (unpaired) electrons. The largest absolute Gasteiger partial charge is 0.416 e. The van der Waals surface area contributed by atoms with Gasteiger partial charge in [-0.3, -0.25) is 9.59 Å². The van der Waals surface area contributed by atoms with E-state index in [1.165, 1.54) is 24.7 Å². The number of piperidine rings is 1. The number of halogens is 3.